The summed E-state index contributed by atoms with van der Waals surface area (Å²) in [6.07, 6.45) is 10.4. The predicted molar refractivity (Wildman–Crippen MR) is 72.3 cm³/mol. The van der Waals surface area contributed by atoms with E-state index in [4.69, 9.17) is 0 Å². The van der Waals surface area contributed by atoms with E-state index in [1.165, 1.54) is 19.3 Å². The lowest BCUT2D eigenvalue weighted by molar-refractivity contribution is -0.123. The van der Waals surface area contributed by atoms with Crippen molar-refractivity contribution in [1.82, 2.24) is 10.3 Å². The van der Waals surface area contributed by atoms with Gasteiger partial charge in [-0.25, -0.2) is 0 Å². The van der Waals surface area contributed by atoms with E-state index in [1.54, 1.807) is 12.4 Å². The Kier molecular flexibility index (Phi) is 4.73. The van der Waals surface area contributed by atoms with Gasteiger partial charge in [0, 0.05) is 18.4 Å². The Labute approximate surface area is 109 Å². The maximum Gasteiger partial charge on any atom is 0.227 e. The van der Waals surface area contributed by atoms with Gasteiger partial charge in [0.1, 0.15) is 0 Å². The van der Waals surface area contributed by atoms with E-state index in [-0.39, 0.29) is 11.8 Å². The SMILES string of the molecule is CCC(C(=O)NC1CCCCC1)c1ccncc1. The van der Waals surface area contributed by atoms with Crippen LogP contribution in [0.5, 0.6) is 0 Å². The average Bonchev–Trinajstić information content (AvgIpc) is 2.42. The molecule has 1 unspecified atom stereocenters. The van der Waals surface area contributed by atoms with Crippen molar-refractivity contribution in [2.75, 3.05) is 0 Å². The molecule has 3 heteroatoms. The van der Waals surface area contributed by atoms with Crippen molar-refractivity contribution in [3.05, 3.63) is 30.1 Å². The Morgan fingerprint density at radius 2 is 2.00 bits per heavy atom. The molecule has 1 atom stereocenters. The van der Waals surface area contributed by atoms with Crippen molar-refractivity contribution >= 4 is 5.91 Å². The summed E-state index contributed by atoms with van der Waals surface area (Å²) in [6, 6.07) is 4.27. The van der Waals surface area contributed by atoms with Crippen molar-refractivity contribution < 1.29 is 4.79 Å². The number of carbonyl (C=O) groups excluding carboxylic acids is 1. The molecule has 1 saturated carbocycles. The van der Waals surface area contributed by atoms with Gasteiger partial charge in [0.2, 0.25) is 5.91 Å². The Hall–Kier alpha value is -1.38. The average molecular weight is 246 g/mol. The molecule has 1 fully saturated rings. The Morgan fingerprint density at radius 3 is 2.61 bits per heavy atom. The Morgan fingerprint density at radius 1 is 1.33 bits per heavy atom. The number of nitrogens with zero attached hydrogens (tertiary/aromatic N) is 1. The fourth-order valence-corrected chi connectivity index (χ4v) is 2.72. The number of pyridine rings is 1. The molecule has 1 aliphatic carbocycles. The number of carbonyl (C=O) groups is 1. The highest BCUT2D eigenvalue weighted by molar-refractivity contribution is 5.83. The molecule has 0 aliphatic heterocycles. The molecule has 18 heavy (non-hydrogen) atoms. The zero-order chi connectivity index (χ0) is 12.8. The molecule has 1 aromatic heterocycles. The molecule has 1 N–H and O–H groups in total. The zero-order valence-electron chi connectivity index (χ0n) is 11.1. The highest BCUT2D eigenvalue weighted by Crippen LogP contribution is 2.22. The van der Waals surface area contributed by atoms with Crippen LogP contribution >= 0.6 is 0 Å². The third kappa shape index (κ3) is 3.31. The summed E-state index contributed by atoms with van der Waals surface area (Å²) in [5.74, 6) is 0.144. The van der Waals surface area contributed by atoms with E-state index in [0.29, 0.717) is 6.04 Å². The van der Waals surface area contributed by atoms with Gasteiger partial charge in [-0.3, -0.25) is 9.78 Å². The monoisotopic (exact) mass is 246 g/mol. The van der Waals surface area contributed by atoms with Crippen molar-refractivity contribution in [3.8, 4) is 0 Å². The van der Waals surface area contributed by atoms with Crippen molar-refractivity contribution in [1.29, 1.82) is 0 Å². The molecular weight excluding hydrogens is 224 g/mol. The van der Waals surface area contributed by atoms with Crippen LogP contribution in [0.2, 0.25) is 0 Å². The molecule has 1 heterocycles. The molecule has 0 saturated heterocycles. The molecule has 1 amide bonds. The first-order valence-electron chi connectivity index (χ1n) is 7.01. The molecule has 1 aliphatic rings. The number of nitrogens with one attached hydrogen (secondary N) is 1. The lowest BCUT2D eigenvalue weighted by Crippen LogP contribution is -2.39. The molecular formula is C15H22N2O. The molecule has 3 nitrogen and oxygen atoms in total. The minimum atomic E-state index is -0.0325. The van der Waals surface area contributed by atoms with E-state index in [2.05, 4.69) is 17.2 Å². The van der Waals surface area contributed by atoms with Gasteiger partial charge >= 0.3 is 0 Å². The Bertz CT molecular complexity index is 371. The number of hydrogen-bond acceptors (Lipinski definition) is 2. The largest absolute Gasteiger partial charge is 0.353 e. The maximum atomic E-state index is 12.3. The van der Waals surface area contributed by atoms with Gasteiger partial charge in [0.15, 0.2) is 0 Å². The highest BCUT2D eigenvalue weighted by atomic mass is 16.1. The van der Waals surface area contributed by atoms with Crippen LogP contribution < -0.4 is 5.32 Å². The number of amides is 1. The fourth-order valence-electron chi connectivity index (χ4n) is 2.72. The summed E-state index contributed by atoms with van der Waals surface area (Å²) in [4.78, 5) is 16.3. The number of aromatic nitrogens is 1. The molecule has 0 spiro atoms. The second-order valence-electron chi connectivity index (χ2n) is 5.08. The van der Waals surface area contributed by atoms with Gasteiger partial charge in [-0.1, -0.05) is 26.2 Å². The van der Waals surface area contributed by atoms with Crippen LogP contribution in [0.15, 0.2) is 24.5 Å². The van der Waals surface area contributed by atoms with E-state index in [1.807, 2.05) is 12.1 Å². The van der Waals surface area contributed by atoms with Crippen LogP contribution in [0, 0.1) is 0 Å². The highest BCUT2D eigenvalue weighted by Gasteiger charge is 2.22. The number of rotatable bonds is 4. The standard InChI is InChI=1S/C15H22N2O/c1-2-14(12-8-10-16-11-9-12)15(18)17-13-6-4-3-5-7-13/h8-11,13-14H,2-7H2,1H3,(H,17,18). The van der Waals surface area contributed by atoms with Crippen molar-refractivity contribution in [3.63, 3.8) is 0 Å². The molecule has 1 aromatic rings. The van der Waals surface area contributed by atoms with Crippen LogP contribution in [-0.2, 0) is 4.79 Å². The summed E-state index contributed by atoms with van der Waals surface area (Å²) in [5, 5.41) is 3.21. The quantitative estimate of drug-likeness (QED) is 0.887. The fraction of sp³-hybridized carbons (Fsp3) is 0.600. The third-order valence-corrected chi connectivity index (χ3v) is 3.78. The van der Waals surface area contributed by atoms with E-state index >= 15 is 0 Å². The third-order valence-electron chi connectivity index (χ3n) is 3.78. The number of hydrogen-bond donors (Lipinski definition) is 1. The van der Waals surface area contributed by atoms with Crippen molar-refractivity contribution in [2.45, 2.75) is 57.4 Å². The predicted octanol–water partition coefficient (Wildman–Crippen LogP) is 3.02. The summed E-state index contributed by atoms with van der Waals surface area (Å²) < 4.78 is 0. The molecule has 98 valence electrons. The van der Waals surface area contributed by atoms with Crippen LogP contribution in [0.1, 0.15) is 56.9 Å². The molecule has 0 radical (unpaired) electrons. The summed E-state index contributed by atoms with van der Waals surface area (Å²) in [7, 11) is 0. The first-order chi connectivity index (χ1) is 8.81. The lowest BCUT2D eigenvalue weighted by Gasteiger charge is -2.25. The van der Waals surface area contributed by atoms with E-state index in [0.717, 1.165) is 24.8 Å². The van der Waals surface area contributed by atoms with Crippen LogP contribution in [0.3, 0.4) is 0 Å². The Balaban J connectivity index is 1.97. The van der Waals surface area contributed by atoms with Crippen LogP contribution in [0.25, 0.3) is 0 Å². The second-order valence-corrected chi connectivity index (χ2v) is 5.08. The van der Waals surface area contributed by atoms with Gasteiger partial charge in [0.05, 0.1) is 5.92 Å². The summed E-state index contributed by atoms with van der Waals surface area (Å²) in [5.41, 5.74) is 1.07. The van der Waals surface area contributed by atoms with Gasteiger partial charge < -0.3 is 5.32 Å². The second kappa shape index (κ2) is 6.53. The van der Waals surface area contributed by atoms with Crippen LogP contribution in [0.4, 0.5) is 0 Å². The van der Waals surface area contributed by atoms with Gasteiger partial charge in [-0.05, 0) is 37.0 Å². The van der Waals surface area contributed by atoms with Gasteiger partial charge in [0.25, 0.3) is 0 Å². The summed E-state index contributed by atoms with van der Waals surface area (Å²) in [6.45, 7) is 2.06. The summed E-state index contributed by atoms with van der Waals surface area (Å²) >= 11 is 0. The van der Waals surface area contributed by atoms with E-state index < -0.39 is 0 Å². The van der Waals surface area contributed by atoms with Crippen LogP contribution in [-0.4, -0.2) is 16.9 Å². The maximum absolute atomic E-state index is 12.3. The topological polar surface area (TPSA) is 42.0 Å². The molecule has 0 bridgehead atoms. The molecule has 0 aromatic carbocycles. The normalized spacial score (nSPS) is 18.3. The lowest BCUT2D eigenvalue weighted by atomic mass is 9.92. The minimum Gasteiger partial charge on any atom is -0.353 e. The smallest absolute Gasteiger partial charge is 0.227 e. The minimum absolute atomic E-state index is 0.0325. The van der Waals surface area contributed by atoms with E-state index in [9.17, 15) is 4.79 Å². The van der Waals surface area contributed by atoms with Gasteiger partial charge in [-0.15, -0.1) is 0 Å². The first-order valence-corrected chi connectivity index (χ1v) is 7.01. The zero-order valence-corrected chi connectivity index (χ0v) is 11.1. The molecule has 2 rings (SSSR count). The van der Waals surface area contributed by atoms with Gasteiger partial charge in [-0.2, -0.15) is 0 Å². The first kappa shape index (κ1) is 13.1. The van der Waals surface area contributed by atoms with Crippen molar-refractivity contribution in [2.24, 2.45) is 0 Å².